The van der Waals surface area contributed by atoms with Crippen molar-refractivity contribution in [1.82, 2.24) is 15.8 Å². The molecule has 35 heavy (non-hydrogen) atoms. The molecule has 1 spiro atoms. The van der Waals surface area contributed by atoms with Crippen LogP contribution in [0.2, 0.25) is 0 Å². The van der Waals surface area contributed by atoms with Crippen molar-refractivity contribution in [3.05, 3.63) is 17.4 Å². The Morgan fingerprint density at radius 2 is 1.86 bits per heavy atom. The summed E-state index contributed by atoms with van der Waals surface area (Å²) in [5.41, 5.74) is -1.39. The van der Waals surface area contributed by atoms with Crippen LogP contribution < -0.4 is 20.4 Å². The summed E-state index contributed by atoms with van der Waals surface area (Å²) in [5.74, 6) is -2.19. The third kappa shape index (κ3) is 2.78. The first-order valence-electron chi connectivity index (χ1n) is 11.3. The molecule has 0 unspecified atom stereocenters. The van der Waals surface area contributed by atoms with E-state index in [0.29, 0.717) is 5.56 Å². The van der Waals surface area contributed by atoms with E-state index in [4.69, 9.17) is 14.0 Å². The van der Waals surface area contributed by atoms with Crippen molar-refractivity contribution in [2.45, 2.75) is 51.5 Å². The zero-order valence-corrected chi connectivity index (χ0v) is 19.1. The average Bonchev–Trinajstić information content (AvgIpc) is 3.33. The van der Waals surface area contributed by atoms with Crippen LogP contribution in [0.4, 0.5) is 25.5 Å². The quantitative estimate of drug-likeness (QED) is 0.567. The van der Waals surface area contributed by atoms with Gasteiger partial charge in [0.25, 0.3) is 0 Å². The Morgan fingerprint density at radius 1 is 1.14 bits per heavy atom. The van der Waals surface area contributed by atoms with E-state index >= 15 is 4.39 Å². The van der Waals surface area contributed by atoms with E-state index in [0.717, 1.165) is 0 Å². The van der Waals surface area contributed by atoms with Crippen LogP contribution in [0, 0.1) is 11.2 Å². The second-order valence-corrected chi connectivity index (χ2v) is 9.51. The van der Waals surface area contributed by atoms with E-state index in [-0.39, 0.29) is 54.2 Å². The molecule has 0 saturated carbocycles. The third-order valence-electron chi connectivity index (χ3n) is 7.26. The van der Waals surface area contributed by atoms with E-state index < -0.39 is 47.3 Å². The third-order valence-corrected chi connectivity index (χ3v) is 7.26. The Bertz CT molecular complexity index is 1300. The summed E-state index contributed by atoms with van der Waals surface area (Å²) in [6.45, 7) is 5.60. The van der Waals surface area contributed by atoms with Crippen molar-refractivity contribution in [1.29, 1.82) is 0 Å². The number of cyclic esters (lactones) is 1. The van der Waals surface area contributed by atoms with Gasteiger partial charge in [0, 0.05) is 13.0 Å². The van der Waals surface area contributed by atoms with Crippen LogP contribution in [0.3, 0.4) is 0 Å². The van der Waals surface area contributed by atoms with E-state index in [1.54, 1.807) is 24.8 Å². The SMILES string of the molecule is C[C@@H]1CN2c3c(cc4c(N5C(=O)OC[C@H]5C)noc4c3F)CC3(C(=O)NC(=O)NC3=O)[C@@H]2[C@@H](C)O1. The van der Waals surface area contributed by atoms with Crippen LogP contribution >= 0.6 is 0 Å². The second kappa shape index (κ2) is 7.13. The summed E-state index contributed by atoms with van der Waals surface area (Å²) in [6.07, 6.45) is -1.81. The van der Waals surface area contributed by atoms with E-state index in [9.17, 15) is 19.2 Å². The Kier molecular flexibility index (Phi) is 4.44. The molecule has 1 aromatic heterocycles. The number of urea groups is 1. The monoisotopic (exact) mass is 487 g/mol. The lowest BCUT2D eigenvalue weighted by Crippen LogP contribution is -2.75. The number of hydrogen-bond donors (Lipinski definition) is 2. The molecule has 0 radical (unpaired) electrons. The van der Waals surface area contributed by atoms with Crippen molar-refractivity contribution in [2.75, 3.05) is 23.0 Å². The first-order chi connectivity index (χ1) is 16.6. The first-order valence-corrected chi connectivity index (χ1v) is 11.3. The lowest BCUT2D eigenvalue weighted by Gasteiger charge is -2.55. The molecule has 2 N–H and O–H groups in total. The standard InChI is InChI=1S/C22H22FN5O7/c1-8-7-33-21(32)28(8)17-12-4-11-5-22(18(29)24-20(31)25-19(22)30)16-10(3)34-9(2)6-27(16)14(11)13(23)15(12)35-26-17/h4,8-10,16H,5-7H2,1-3H3,(H2,24,25,29,30,31)/t8-,9-,10-,16+/m1/s1. The molecule has 1 aromatic carbocycles. The summed E-state index contributed by atoms with van der Waals surface area (Å²) in [6, 6.07) is -0.572. The summed E-state index contributed by atoms with van der Waals surface area (Å²) >= 11 is 0. The number of ether oxygens (including phenoxy) is 2. The molecule has 4 atom stereocenters. The number of morpholine rings is 1. The van der Waals surface area contributed by atoms with Gasteiger partial charge in [-0.3, -0.25) is 25.1 Å². The van der Waals surface area contributed by atoms with Crippen LogP contribution in [-0.2, 0) is 25.5 Å². The number of imide groups is 2. The van der Waals surface area contributed by atoms with E-state index in [2.05, 4.69) is 15.8 Å². The van der Waals surface area contributed by atoms with Crippen LogP contribution in [0.1, 0.15) is 26.3 Å². The molecule has 5 heterocycles. The van der Waals surface area contributed by atoms with Gasteiger partial charge in [-0.2, -0.15) is 0 Å². The van der Waals surface area contributed by atoms with Crippen LogP contribution in [0.5, 0.6) is 0 Å². The van der Waals surface area contributed by atoms with Crippen LogP contribution in [0.15, 0.2) is 10.6 Å². The molecular weight excluding hydrogens is 465 g/mol. The van der Waals surface area contributed by atoms with Crippen LogP contribution in [0.25, 0.3) is 11.0 Å². The van der Waals surface area contributed by atoms with E-state index in [1.165, 1.54) is 4.90 Å². The van der Waals surface area contributed by atoms with Crippen molar-refractivity contribution in [2.24, 2.45) is 5.41 Å². The highest BCUT2D eigenvalue weighted by Gasteiger charge is 2.63. The van der Waals surface area contributed by atoms with Crippen molar-refractivity contribution in [3.63, 3.8) is 0 Å². The maximum Gasteiger partial charge on any atom is 0.416 e. The topological polar surface area (TPSA) is 143 Å². The summed E-state index contributed by atoms with van der Waals surface area (Å²) < 4.78 is 32.4. The van der Waals surface area contributed by atoms with E-state index in [1.807, 2.05) is 6.92 Å². The molecular formula is C22H22FN5O7. The molecule has 4 aliphatic heterocycles. The van der Waals surface area contributed by atoms with Gasteiger partial charge in [-0.25, -0.2) is 14.0 Å². The van der Waals surface area contributed by atoms with Gasteiger partial charge in [-0.1, -0.05) is 5.16 Å². The maximum atomic E-state index is 16.1. The van der Waals surface area contributed by atoms with Gasteiger partial charge in [-0.05, 0) is 32.4 Å². The Hall–Kier alpha value is -3.74. The lowest BCUT2D eigenvalue weighted by atomic mass is 9.66. The number of rotatable bonds is 1. The van der Waals surface area contributed by atoms with Gasteiger partial charge >= 0.3 is 12.1 Å². The van der Waals surface area contributed by atoms with Crippen molar-refractivity contribution >= 4 is 46.4 Å². The lowest BCUT2D eigenvalue weighted by molar-refractivity contribution is -0.153. The Labute approximate surface area is 197 Å². The minimum absolute atomic E-state index is 0.0873. The number of carbonyl (C=O) groups excluding carboxylic acids is 4. The maximum absolute atomic E-state index is 16.1. The van der Waals surface area contributed by atoms with Gasteiger partial charge < -0.3 is 18.9 Å². The minimum atomic E-state index is -1.75. The molecule has 6 rings (SSSR count). The number of halogens is 1. The zero-order valence-electron chi connectivity index (χ0n) is 19.1. The van der Waals surface area contributed by atoms with Gasteiger partial charge in [-0.15, -0.1) is 0 Å². The molecule has 4 aliphatic rings. The first kappa shape index (κ1) is 21.8. The summed E-state index contributed by atoms with van der Waals surface area (Å²) in [7, 11) is 0. The minimum Gasteiger partial charge on any atom is -0.447 e. The fraction of sp³-hybridized carbons (Fsp3) is 0.500. The van der Waals surface area contributed by atoms with Crippen molar-refractivity contribution < 1.29 is 37.6 Å². The van der Waals surface area contributed by atoms with Gasteiger partial charge in [0.1, 0.15) is 6.61 Å². The molecule has 3 saturated heterocycles. The van der Waals surface area contributed by atoms with Crippen molar-refractivity contribution in [3.8, 4) is 0 Å². The normalized spacial score (nSPS) is 29.7. The number of benzene rings is 1. The highest BCUT2D eigenvalue weighted by Crippen LogP contribution is 2.49. The fourth-order valence-electron chi connectivity index (χ4n) is 5.92. The van der Waals surface area contributed by atoms with Gasteiger partial charge in [0.15, 0.2) is 17.1 Å². The molecule has 0 aliphatic carbocycles. The second-order valence-electron chi connectivity index (χ2n) is 9.51. The molecule has 2 aromatic rings. The highest BCUT2D eigenvalue weighted by molar-refractivity contribution is 6.20. The van der Waals surface area contributed by atoms with Gasteiger partial charge in [0.05, 0.1) is 35.4 Å². The molecule has 184 valence electrons. The largest absolute Gasteiger partial charge is 0.447 e. The Morgan fingerprint density at radius 3 is 2.51 bits per heavy atom. The predicted molar refractivity (Wildman–Crippen MR) is 116 cm³/mol. The van der Waals surface area contributed by atoms with Gasteiger partial charge in [0.2, 0.25) is 17.4 Å². The predicted octanol–water partition coefficient (Wildman–Crippen LogP) is 1.20. The highest BCUT2D eigenvalue weighted by atomic mass is 19.1. The number of nitrogens with one attached hydrogen (secondary N) is 2. The Balaban J connectivity index is 1.58. The fourth-order valence-corrected chi connectivity index (χ4v) is 5.92. The number of amides is 5. The number of carbonyl (C=O) groups is 4. The average molecular weight is 487 g/mol. The molecule has 13 heteroatoms. The number of anilines is 2. The smallest absolute Gasteiger partial charge is 0.416 e. The molecule has 3 fully saturated rings. The summed E-state index contributed by atoms with van der Waals surface area (Å²) in [5, 5.41) is 8.55. The molecule has 5 amide bonds. The number of fused-ring (bicyclic) bond motifs is 5. The summed E-state index contributed by atoms with van der Waals surface area (Å²) in [4.78, 5) is 53.6. The zero-order chi connectivity index (χ0) is 24.8. The number of barbiturate groups is 1. The molecule has 12 nitrogen and oxygen atoms in total. The number of hydrogen-bond acceptors (Lipinski definition) is 9. The number of aromatic nitrogens is 1. The number of nitrogens with zero attached hydrogens (tertiary/aromatic N) is 3. The molecule has 0 bridgehead atoms. The van der Waals surface area contributed by atoms with Crippen LogP contribution in [-0.4, -0.2) is 66.5 Å².